The van der Waals surface area contributed by atoms with Gasteiger partial charge in [-0.15, -0.1) is 12.4 Å². The van der Waals surface area contributed by atoms with E-state index in [0.29, 0.717) is 12.1 Å². The van der Waals surface area contributed by atoms with Gasteiger partial charge >= 0.3 is 0 Å². The molecule has 3 aromatic rings. The van der Waals surface area contributed by atoms with E-state index in [2.05, 4.69) is 76.3 Å². The molecule has 190 valence electrons. The highest BCUT2D eigenvalue weighted by atomic mass is 35.5. The molecule has 1 atom stereocenters. The Kier molecular flexibility index (Phi) is 10.7. The summed E-state index contributed by atoms with van der Waals surface area (Å²) in [4.78, 5) is 9.38. The molecule has 2 aromatic carbocycles. The van der Waals surface area contributed by atoms with Crippen molar-refractivity contribution in [1.82, 2.24) is 24.6 Å². The molecule has 0 aliphatic carbocycles. The summed E-state index contributed by atoms with van der Waals surface area (Å²) < 4.78 is 1.86. The van der Waals surface area contributed by atoms with Crippen LogP contribution in [0.1, 0.15) is 61.8 Å². The van der Waals surface area contributed by atoms with Crippen molar-refractivity contribution in [1.29, 1.82) is 0 Å². The number of benzene rings is 2. The topological polar surface area (TPSA) is 57.4 Å². The maximum Gasteiger partial charge on any atom is 0.138 e. The Morgan fingerprint density at radius 2 is 1.86 bits per heavy atom. The van der Waals surface area contributed by atoms with Crippen LogP contribution in [0.25, 0.3) is 5.69 Å². The average Bonchev–Trinajstić information content (AvgIpc) is 3.43. The van der Waals surface area contributed by atoms with Crippen molar-refractivity contribution >= 4 is 12.4 Å². The number of halogens is 1. The maximum absolute atomic E-state index is 9.83. The minimum atomic E-state index is 0. The number of aliphatic hydroxyl groups excluding tert-OH is 1. The van der Waals surface area contributed by atoms with Gasteiger partial charge in [-0.3, -0.25) is 4.90 Å². The van der Waals surface area contributed by atoms with E-state index in [1.807, 2.05) is 10.7 Å². The van der Waals surface area contributed by atoms with Crippen LogP contribution in [0.5, 0.6) is 0 Å². The molecule has 0 bridgehead atoms. The van der Waals surface area contributed by atoms with Crippen molar-refractivity contribution in [3.05, 3.63) is 77.9 Å². The highest BCUT2D eigenvalue weighted by Crippen LogP contribution is 2.34. The highest BCUT2D eigenvalue weighted by Gasteiger charge is 2.29. The molecule has 1 aliphatic rings. The molecule has 1 aromatic heterocycles. The van der Waals surface area contributed by atoms with Gasteiger partial charge < -0.3 is 10.0 Å². The second-order valence-electron chi connectivity index (χ2n) is 9.53. The Morgan fingerprint density at radius 1 is 1.09 bits per heavy atom. The summed E-state index contributed by atoms with van der Waals surface area (Å²) in [5.41, 5.74) is 4.69. The van der Waals surface area contributed by atoms with E-state index in [0.717, 1.165) is 43.7 Å². The number of nitrogens with zero attached hydrogens (tertiary/aromatic N) is 5. The monoisotopic (exact) mass is 497 g/mol. The summed E-state index contributed by atoms with van der Waals surface area (Å²) in [7, 11) is 2.28. The predicted octanol–water partition coefficient (Wildman–Crippen LogP) is 5.05. The molecule has 7 heteroatoms. The highest BCUT2D eigenvalue weighted by molar-refractivity contribution is 5.85. The predicted molar refractivity (Wildman–Crippen MR) is 144 cm³/mol. The van der Waals surface area contributed by atoms with Crippen molar-refractivity contribution in [3.63, 3.8) is 0 Å². The number of hydrogen-bond donors (Lipinski definition) is 1. The lowest BCUT2D eigenvalue weighted by Gasteiger charge is -2.41. The van der Waals surface area contributed by atoms with Crippen LogP contribution in [0.4, 0.5) is 0 Å². The van der Waals surface area contributed by atoms with Gasteiger partial charge in [-0.2, -0.15) is 5.10 Å². The van der Waals surface area contributed by atoms with Crippen LogP contribution in [0.3, 0.4) is 0 Å². The first kappa shape index (κ1) is 27.3. The van der Waals surface area contributed by atoms with Gasteiger partial charge in [0.05, 0.1) is 12.3 Å². The van der Waals surface area contributed by atoms with Crippen LogP contribution in [-0.2, 0) is 13.0 Å². The van der Waals surface area contributed by atoms with E-state index in [1.165, 1.54) is 36.8 Å². The van der Waals surface area contributed by atoms with E-state index in [9.17, 15) is 5.11 Å². The number of piperidine rings is 1. The minimum Gasteiger partial charge on any atom is -0.392 e. The molecular weight excluding hydrogens is 458 g/mol. The SMILES string of the molecule is CCCCC(c1cc(CO)ccc1-n1cncn1)N1CCC(N(C)CCc2ccccc2)CC1.Cl. The normalized spacial score (nSPS) is 15.8. The number of rotatable bonds is 11. The quantitative estimate of drug-likeness (QED) is 0.401. The average molecular weight is 498 g/mol. The summed E-state index contributed by atoms with van der Waals surface area (Å²) in [5.74, 6) is 0. The second-order valence-corrected chi connectivity index (χ2v) is 9.53. The molecular formula is C28H40ClN5O. The van der Waals surface area contributed by atoms with Crippen LogP contribution < -0.4 is 0 Å². The first-order chi connectivity index (χ1) is 16.7. The first-order valence-electron chi connectivity index (χ1n) is 12.8. The number of likely N-dealkylation sites (tertiary alicyclic amines) is 1. The molecule has 6 nitrogen and oxygen atoms in total. The number of aliphatic hydroxyl groups is 1. The third kappa shape index (κ3) is 7.14. The Labute approximate surface area is 216 Å². The molecule has 1 aliphatic heterocycles. The fourth-order valence-electron chi connectivity index (χ4n) is 5.21. The Morgan fingerprint density at radius 3 is 2.51 bits per heavy atom. The zero-order valence-electron chi connectivity index (χ0n) is 21.1. The Balaban J connectivity index is 0.00000342. The smallest absolute Gasteiger partial charge is 0.138 e. The molecule has 1 unspecified atom stereocenters. The zero-order valence-corrected chi connectivity index (χ0v) is 21.9. The lowest BCUT2D eigenvalue weighted by molar-refractivity contribution is 0.0924. The van der Waals surface area contributed by atoms with E-state index in [-0.39, 0.29) is 19.0 Å². The van der Waals surface area contributed by atoms with E-state index < -0.39 is 0 Å². The molecule has 0 radical (unpaired) electrons. The molecule has 2 heterocycles. The molecule has 4 rings (SSSR count). The largest absolute Gasteiger partial charge is 0.392 e. The fourth-order valence-corrected chi connectivity index (χ4v) is 5.21. The Bertz CT molecular complexity index is 990. The Hall–Kier alpha value is -2.25. The van der Waals surface area contributed by atoms with Crippen LogP contribution >= 0.6 is 12.4 Å². The standard InChI is InChI=1S/C28H39N5O.ClH/c1-3-4-10-27(26-19-24(20-34)11-12-28(26)33-22-29-21-30-33)32-17-14-25(15-18-32)31(2)16-13-23-8-6-5-7-9-23;/h5-9,11-12,19,21-22,25,27,34H,3-4,10,13-18,20H2,1-2H3;1H. The van der Waals surface area contributed by atoms with Crippen molar-refractivity contribution in [3.8, 4) is 5.69 Å². The minimum absolute atomic E-state index is 0. The van der Waals surface area contributed by atoms with Crippen molar-refractivity contribution in [2.45, 2.75) is 64.1 Å². The molecule has 35 heavy (non-hydrogen) atoms. The van der Waals surface area contributed by atoms with Gasteiger partial charge in [0, 0.05) is 31.7 Å². The van der Waals surface area contributed by atoms with Gasteiger partial charge in [0.1, 0.15) is 12.7 Å². The summed E-state index contributed by atoms with van der Waals surface area (Å²) in [5, 5.41) is 14.2. The van der Waals surface area contributed by atoms with Crippen LogP contribution in [-0.4, -0.2) is 62.4 Å². The van der Waals surface area contributed by atoms with E-state index in [1.54, 1.807) is 12.7 Å². The number of likely N-dealkylation sites (N-methyl/N-ethyl adjacent to an activating group) is 1. The molecule has 0 spiro atoms. The van der Waals surface area contributed by atoms with Crippen LogP contribution in [0.2, 0.25) is 0 Å². The van der Waals surface area contributed by atoms with Gasteiger partial charge in [0.15, 0.2) is 0 Å². The lowest BCUT2D eigenvalue weighted by atomic mass is 9.93. The van der Waals surface area contributed by atoms with E-state index in [4.69, 9.17) is 0 Å². The summed E-state index contributed by atoms with van der Waals surface area (Å²) in [6.45, 7) is 5.60. The molecule has 0 saturated carbocycles. The van der Waals surface area contributed by atoms with Crippen molar-refractivity contribution in [2.75, 3.05) is 26.7 Å². The fraction of sp³-hybridized carbons (Fsp3) is 0.500. The summed E-state index contributed by atoms with van der Waals surface area (Å²) >= 11 is 0. The van der Waals surface area contributed by atoms with Gasteiger partial charge in [-0.25, -0.2) is 9.67 Å². The molecule has 1 fully saturated rings. The second kappa shape index (κ2) is 13.7. The first-order valence-corrected chi connectivity index (χ1v) is 12.8. The third-order valence-electron chi connectivity index (χ3n) is 7.29. The molecule has 1 N–H and O–H groups in total. The van der Waals surface area contributed by atoms with Gasteiger partial charge in [0.25, 0.3) is 0 Å². The maximum atomic E-state index is 9.83. The van der Waals surface area contributed by atoms with Gasteiger partial charge in [0.2, 0.25) is 0 Å². The third-order valence-corrected chi connectivity index (χ3v) is 7.29. The summed E-state index contributed by atoms with van der Waals surface area (Å²) in [6, 6.07) is 18.0. The van der Waals surface area contributed by atoms with Crippen molar-refractivity contribution in [2.24, 2.45) is 0 Å². The molecule has 1 saturated heterocycles. The lowest BCUT2D eigenvalue weighted by Crippen LogP contribution is -2.45. The molecule has 0 amide bonds. The van der Waals surface area contributed by atoms with Crippen LogP contribution in [0, 0.1) is 0 Å². The van der Waals surface area contributed by atoms with Crippen molar-refractivity contribution < 1.29 is 5.11 Å². The van der Waals surface area contributed by atoms with Gasteiger partial charge in [-0.05, 0) is 61.6 Å². The van der Waals surface area contributed by atoms with E-state index >= 15 is 0 Å². The van der Waals surface area contributed by atoms with Crippen LogP contribution in [0.15, 0.2) is 61.2 Å². The number of aromatic nitrogens is 3. The zero-order chi connectivity index (χ0) is 23.8. The summed E-state index contributed by atoms with van der Waals surface area (Å²) in [6.07, 6.45) is 10.3. The van der Waals surface area contributed by atoms with Gasteiger partial charge in [-0.1, -0.05) is 56.2 Å². The number of unbranched alkanes of at least 4 members (excludes halogenated alkanes) is 1. The number of hydrogen-bond acceptors (Lipinski definition) is 5.